The van der Waals surface area contributed by atoms with Crippen LogP contribution >= 0.6 is 11.8 Å². The summed E-state index contributed by atoms with van der Waals surface area (Å²) in [5, 5.41) is 9.64. The first-order valence-corrected chi connectivity index (χ1v) is 6.17. The van der Waals surface area contributed by atoms with Crippen LogP contribution in [0.3, 0.4) is 0 Å². The Kier molecular flexibility index (Phi) is 5.05. The molecule has 0 aliphatic rings. The van der Waals surface area contributed by atoms with Crippen molar-refractivity contribution in [2.24, 2.45) is 0 Å². The van der Waals surface area contributed by atoms with Gasteiger partial charge in [0.15, 0.2) is 11.6 Å². The smallest absolute Gasteiger partial charge is 0.164 e. The van der Waals surface area contributed by atoms with Crippen molar-refractivity contribution in [1.29, 1.82) is 0 Å². The average molecular weight is 232 g/mol. The van der Waals surface area contributed by atoms with E-state index >= 15 is 0 Å². The lowest BCUT2D eigenvalue weighted by atomic mass is 10.0. The number of aliphatic hydroxyl groups is 1. The molecule has 0 aromatic heterocycles. The third kappa shape index (κ3) is 3.47. The fourth-order valence-electron chi connectivity index (χ4n) is 1.35. The van der Waals surface area contributed by atoms with E-state index in [0.717, 1.165) is 18.2 Å². The zero-order valence-corrected chi connectivity index (χ0v) is 9.36. The van der Waals surface area contributed by atoms with Gasteiger partial charge in [-0.05, 0) is 30.9 Å². The summed E-state index contributed by atoms with van der Waals surface area (Å²) in [6.07, 6.45) is 2.31. The molecule has 1 N–H and O–H groups in total. The van der Waals surface area contributed by atoms with E-state index in [1.807, 2.05) is 6.26 Å². The van der Waals surface area contributed by atoms with Crippen LogP contribution in [-0.2, 0) is 0 Å². The molecule has 1 atom stereocenters. The highest BCUT2D eigenvalue weighted by Crippen LogP contribution is 2.23. The molecule has 1 aromatic carbocycles. The van der Waals surface area contributed by atoms with E-state index in [2.05, 4.69) is 0 Å². The number of aliphatic hydroxyl groups excluding tert-OH is 1. The van der Waals surface area contributed by atoms with Gasteiger partial charge in [-0.3, -0.25) is 0 Å². The Bertz CT molecular complexity index is 317. The molecule has 15 heavy (non-hydrogen) atoms. The third-order valence-corrected chi connectivity index (χ3v) is 2.86. The van der Waals surface area contributed by atoms with Crippen LogP contribution in [0.4, 0.5) is 8.78 Å². The van der Waals surface area contributed by atoms with E-state index in [1.54, 1.807) is 11.8 Å². The molecular weight excluding hydrogens is 218 g/mol. The van der Waals surface area contributed by atoms with Gasteiger partial charge in [0.1, 0.15) is 0 Å². The van der Waals surface area contributed by atoms with E-state index in [4.69, 9.17) is 0 Å². The highest BCUT2D eigenvalue weighted by Gasteiger charge is 2.14. The van der Waals surface area contributed by atoms with Gasteiger partial charge in [0, 0.05) is 5.56 Å². The van der Waals surface area contributed by atoms with E-state index in [0.29, 0.717) is 6.42 Å². The zero-order valence-electron chi connectivity index (χ0n) is 8.54. The molecule has 0 heterocycles. The largest absolute Gasteiger partial charge is 0.388 e. The van der Waals surface area contributed by atoms with Gasteiger partial charge in [-0.15, -0.1) is 0 Å². The van der Waals surface area contributed by atoms with Gasteiger partial charge in [-0.2, -0.15) is 11.8 Å². The lowest BCUT2D eigenvalue weighted by molar-refractivity contribution is 0.161. The SMILES string of the molecule is CSCCCC(O)c1cccc(F)c1F. The molecular formula is C11H14F2OS. The van der Waals surface area contributed by atoms with Crippen LogP contribution in [0.15, 0.2) is 18.2 Å². The predicted octanol–water partition coefficient (Wildman–Crippen LogP) is 3.14. The molecule has 1 aromatic rings. The second kappa shape index (κ2) is 6.08. The van der Waals surface area contributed by atoms with Crippen molar-refractivity contribution in [2.75, 3.05) is 12.0 Å². The second-order valence-corrected chi connectivity index (χ2v) is 4.28. The Labute approximate surface area is 92.5 Å². The van der Waals surface area contributed by atoms with Crippen LogP contribution in [0.25, 0.3) is 0 Å². The first-order valence-electron chi connectivity index (χ1n) is 4.77. The minimum atomic E-state index is -0.936. The number of halogens is 2. The standard InChI is InChI=1S/C11H14F2OS/c1-15-7-3-6-10(14)8-4-2-5-9(12)11(8)13/h2,4-5,10,14H,3,6-7H2,1H3. The molecule has 0 saturated heterocycles. The van der Waals surface area contributed by atoms with E-state index in [1.165, 1.54) is 12.1 Å². The number of benzene rings is 1. The normalized spacial score (nSPS) is 12.8. The fourth-order valence-corrected chi connectivity index (χ4v) is 1.81. The molecule has 1 rings (SSSR count). The third-order valence-electron chi connectivity index (χ3n) is 2.17. The molecule has 0 bridgehead atoms. The summed E-state index contributed by atoms with van der Waals surface area (Å²) in [6.45, 7) is 0. The van der Waals surface area contributed by atoms with Crippen LogP contribution in [0.1, 0.15) is 24.5 Å². The monoisotopic (exact) mass is 232 g/mol. The molecule has 0 amide bonds. The molecule has 0 radical (unpaired) electrons. The minimum absolute atomic E-state index is 0.0519. The van der Waals surface area contributed by atoms with Crippen LogP contribution in [0.2, 0.25) is 0 Å². The summed E-state index contributed by atoms with van der Waals surface area (Å²) in [4.78, 5) is 0. The number of hydrogen-bond donors (Lipinski definition) is 1. The summed E-state index contributed by atoms with van der Waals surface area (Å²) in [5.74, 6) is -0.931. The summed E-state index contributed by atoms with van der Waals surface area (Å²) in [6, 6.07) is 3.88. The lowest BCUT2D eigenvalue weighted by Gasteiger charge is -2.11. The Morgan fingerprint density at radius 2 is 2.13 bits per heavy atom. The summed E-state index contributed by atoms with van der Waals surface area (Å²) in [7, 11) is 0. The van der Waals surface area contributed by atoms with Crippen molar-refractivity contribution >= 4 is 11.8 Å². The maximum atomic E-state index is 13.2. The molecule has 4 heteroatoms. The Hall–Kier alpha value is -0.610. The predicted molar refractivity (Wildman–Crippen MR) is 58.9 cm³/mol. The second-order valence-electron chi connectivity index (χ2n) is 3.29. The van der Waals surface area contributed by atoms with E-state index in [-0.39, 0.29) is 5.56 Å². The van der Waals surface area contributed by atoms with Gasteiger partial charge >= 0.3 is 0 Å². The first kappa shape index (κ1) is 12.5. The highest BCUT2D eigenvalue weighted by molar-refractivity contribution is 7.98. The van der Waals surface area contributed by atoms with Gasteiger partial charge in [-0.1, -0.05) is 12.1 Å². The topological polar surface area (TPSA) is 20.2 Å². The average Bonchev–Trinajstić information content (AvgIpc) is 2.22. The van der Waals surface area contributed by atoms with Gasteiger partial charge < -0.3 is 5.11 Å². The van der Waals surface area contributed by atoms with Crippen molar-refractivity contribution in [1.82, 2.24) is 0 Å². The van der Waals surface area contributed by atoms with Crippen molar-refractivity contribution in [2.45, 2.75) is 18.9 Å². The van der Waals surface area contributed by atoms with Crippen molar-refractivity contribution in [3.63, 3.8) is 0 Å². The van der Waals surface area contributed by atoms with Gasteiger partial charge in [0.05, 0.1) is 6.10 Å². The molecule has 1 nitrogen and oxygen atoms in total. The molecule has 0 saturated carbocycles. The molecule has 0 aliphatic heterocycles. The van der Waals surface area contributed by atoms with E-state index < -0.39 is 17.7 Å². The Morgan fingerprint density at radius 3 is 2.80 bits per heavy atom. The molecule has 84 valence electrons. The minimum Gasteiger partial charge on any atom is -0.388 e. The van der Waals surface area contributed by atoms with Crippen molar-refractivity contribution in [3.05, 3.63) is 35.4 Å². The first-order chi connectivity index (χ1) is 7.16. The van der Waals surface area contributed by atoms with Gasteiger partial charge in [0.2, 0.25) is 0 Å². The van der Waals surface area contributed by atoms with Crippen LogP contribution < -0.4 is 0 Å². The van der Waals surface area contributed by atoms with Crippen molar-refractivity contribution < 1.29 is 13.9 Å². The molecule has 1 unspecified atom stereocenters. The maximum Gasteiger partial charge on any atom is 0.164 e. The van der Waals surface area contributed by atoms with Gasteiger partial charge in [0.25, 0.3) is 0 Å². The molecule has 0 spiro atoms. The van der Waals surface area contributed by atoms with Crippen molar-refractivity contribution in [3.8, 4) is 0 Å². The van der Waals surface area contributed by atoms with Crippen LogP contribution in [-0.4, -0.2) is 17.1 Å². The summed E-state index contributed by atoms with van der Waals surface area (Å²) in [5.41, 5.74) is 0.0519. The quantitative estimate of drug-likeness (QED) is 0.787. The van der Waals surface area contributed by atoms with Gasteiger partial charge in [-0.25, -0.2) is 8.78 Å². The fraction of sp³-hybridized carbons (Fsp3) is 0.455. The number of thioether (sulfide) groups is 1. The molecule has 0 fully saturated rings. The van der Waals surface area contributed by atoms with Crippen LogP contribution in [0.5, 0.6) is 0 Å². The zero-order chi connectivity index (χ0) is 11.3. The Balaban J connectivity index is 2.65. The summed E-state index contributed by atoms with van der Waals surface area (Å²) < 4.78 is 26.1. The maximum absolute atomic E-state index is 13.2. The van der Waals surface area contributed by atoms with E-state index in [9.17, 15) is 13.9 Å². The number of rotatable bonds is 5. The Morgan fingerprint density at radius 1 is 1.40 bits per heavy atom. The molecule has 0 aliphatic carbocycles. The summed E-state index contributed by atoms with van der Waals surface area (Å²) >= 11 is 1.67. The highest BCUT2D eigenvalue weighted by atomic mass is 32.2. The lowest BCUT2D eigenvalue weighted by Crippen LogP contribution is -2.03. The van der Waals surface area contributed by atoms with Crippen LogP contribution in [0, 0.1) is 11.6 Å². The number of hydrogen-bond acceptors (Lipinski definition) is 2.